The highest BCUT2D eigenvalue weighted by atomic mass is 16.5. The molecule has 0 unspecified atom stereocenters. The molecule has 0 spiro atoms. The van der Waals surface area contributed by atoms with Crippen LogP contribution in [0, 0.1) is 0 Å². The van der Waals surface area contributed by atoms with Crippen molar-refractivity contribution in [2.24, 2.45) is 0 Å². The van der Waals surface area contributed by atoms with E-state index in [1.54, 1.807) is 7.11 Å². The van der Waals surface area contributed by atoms with Crippen molar-refractivity contribution in [2.75, 3.05) is 12.4 Å². The minimum atomic E-state index is -0.476. The summed E-state index contributed by atoms with van der Waals surface area (Å²) in [6.45, 7) is 6.55. The van der Waals surface area contributed by atoms with Crippen LogP contribution in [-0.2, 0) is 22.6 Å². The van der Waals surface area contributed by atoms with Crippen molar-refractivity contribution in [1.82, 2.24) is 4.90 Å². The minimum absolute atomic E-state index is 0.0214. The molecule has 160 valence electrons. The Balaban J connectivity index is 1.75. The summed E-state index contributed by atoms with van der Waals surface area (Å²) in [4.78, 5) is 27.3. The molecule has 1 N–H and O–H groups in total. The molecule has 0 saturated carbocycles. The summed E-state index contributed by atoms with van der Waals surface area (Å²) < 4.78 is 11.2. The molecule has 0 saturated heterocycles. The van der Waals surface area contributed by atoms with Crippen molar-refractivity contribution in [2.45, 2.75) is 58.7 Å². The Kier molecular flexibility index (Phi) is 6.98. The van der Waals surface area contributed by atoms with E-state index in [0.29, 0.717) is 24.4 Å². The van der Waals surface area contributed by atoms with Gasteiger partial charge in [-0.1, -0.05) is 26.0 Å². The molecule has 0 fully saturated rings. The predicted octanol–water partition coefficient (Wildman–Crippen LogP) is 4.17. The lowest BCUT2D eigenvalue weighted by Crippen LogP contribution is -2.43. The van der Waals surface area contributed by atoms with Crippen molar-refractivity contribution >= 4 is 17.5 Å². The highest BCUT2D eigenvalue weighted by Gasteiger charge is 2.32. The maximum atomic E-state index is 12.9. The standard InChI is InChI=1S/C24H30N2O4/c1-5-16(3)26-15-18-14-19(9-12-22(18)30-21(6-2)24(26)28)25-23(27)13-17-7-10-20(29-4)11-8-17/h7-12,14,16,21H,5-6,13,15H2,1-4H3,(H,25,27)/t16-,21+/m0/s1. The van der Waals surface area contributed by atoms with E-state index in [1.807, 2.05) is 54.3 Å². The van der Waals surface area contributed by atoms with Crippen molar-refractivity contribution in [3.05, 3.63) is 53.6 Å². The number of hydrogen-bond acceptors (Lipinski definition) is 4. The Labute approximate surface area is 178 Å². The molecule has 2 amide bonds. The summed E-state index contributed by atoms with van der Waals surface area (Å²) >= 11 is 0. The zero-order valence-electron chi connectivity index (χ0n) is 18.1. The van der Waals surface area contributed by atoms with E-state index in [9.17, 15) is 9.59 Å². The maximum absolute atomic E-state index is 12.9. The summed E-state index contributed by atoms with van der Waals surface area (Å²) in [6, 6.07) is 13.1. The van der Waals surface area contributed by atoms with Crippen LogP contribution in [0.4, 0.5) is 5.69 Å². The normalized spacial score (nSPS) is 16.9. The predicted molar refractivity (Wildman–Crippen MR) is 117 cm³/mol. The molecule has 6 nitrogen and oxygen atoms in total. The molecule has 0 radical (unpaired) electrons. The van der Waals surface area contributed by atoms with Gasteiger partial charge in [0.05, 0.1) is 13.5 Å². The van der Waals surface area contributed by atoms with Gasteiger partial charge in [0.15, 0.2) is 6.10 Å². The molecule has 0 aromatic heterocycles. The van der Waals surface area contributed by atoms with Crippen LogP contribution >= 0.6 is 0 Å². The lowest BCUT2D eigenvalue weighted by atomic mass is 10.1. The highest BCUT2D eigenvalue weighted by molar-refractivity contribution is 5.92. The zero-order chi connectivity index (χ0) is 21.7. The number of fused-ring (bicyclic) bond motifs is 1. The number of ether oxygens (including phenoxy) is 2. The summed E-state index contributed by atoms with van der Waals surface area (Å²) in [5.41, 5.74) is 2.51. The Morgan fingerprint density at radius 2 is 1.97 bits per heavy atom. The second kappa shape index (κ2) is 9.65. The van der Waals surface area contributed by atoms with Gasteiger partial charge in [-0.3, -0.25) is 9.59 Å². The first-order valence-electron chi connectivity index (χ1n) is 10.5. The van der Waals surface area contributed by atoms with Gasteiger partial charge in [0, 0.05) is 23.8 Å². The number of methoxy groups -OCH3 is 1. The number of anilines is 1. The van der Waals surface area contributed by atoms with E-state index in [4.69, 9.17) is 9.47 Å². The molecule has 1 aliphatic heterocycles. The van der Waals surface area contributed by atoms with Gasteiger partial charge in [0.1, 0.15) is 11.5 Å². The maximum Gasteiger partial charge on any atom is 0.264 e. The number of rotatable bonds is 7. The Hall–Kier alpha value is -3.02. The smallest absolute Gasteiger partial charge is 0.264 e. The van der Waals surface area contributed by atoms with Gasteiger partial charge < -0.3 is 19.7 Å². The third kappa shape index (κ3) is 4.93. The summed E-state index contributed by atoms with van der Waals surface area (Å²) in [6.07, 6.45) is 1.28. The molecule has 6 heteroatoms. The molecule has 30 heavy (non-hydrogen) atoms. The second-order valence-corrected chi connectivity index (χ2v) is 7.63. The third-order valence-corrected chi connectivity index (χ3v) is 5.53. The largest absolute Gasteiger partial charge is 0.497 e. The number of nitrogens with zero attached hydrogens (tertiary/aromatic N) is 1. The van der Waals surface area contributed by atoms with Crippen LogP contribution in [0.15, 0.2) is 42.5 Å². The first-order chi connectivity index (χ1) is 14.4. The fraction of sp³-hybridized carbons (Fsp3) is 0.417. The first-order valence-corrected chi connectivity index (χ1v) is 10.5. The fourth-order valence-corrected chi connectivity index (χ4v) is 3.53. The van der Waals surface area contributed by atoms with Crippen molar-refractivity contribution in [1.29, 1.82) is 0 Å². The fourth-order valence-electron chi connectivity index (χ4n) is 3.53. The van der Waals surface area contributed by atoms with E-state index in [0.717, 1.165) is 23.3 Å². The van der Waals surface area contributed by atoms with Crippen LogP contribution in [-0.4, -0.2) is 36.0 Å². The highest BCUT2D eigenvalue weighted by Crippen LogP contribution is 2.30. The lowest BCUT2D eigenvalue weighted by Gasteiger charge is -2.28. The number of amides is 2. The van der Waals surface area contributed by atoms with Crippen LogP contribution in [0.5, 0.6) is 11.5 Å². The van der Waals surface area contributed by atoms with Gasteiger partial charge in [0.25, 0.3) is 5.91 Å². The van der Waals surface area contributed by atoms with Crippen molar-refractivity contribution in [3.63, 3.8) is 0 Å². The molecule has 2 aromatic carbocycles. The van der Waals surface area contributed by atoms with E-state index in [1.165, 1.54) is 0 Å². The third-order valence-electron chi connectivity index (χ3n) is 5.53. The van der Waals surface area contributed by atoms with Gasteiger partial charge in [-0.15, -0.1) is 0 Å². The average molecular weight is 411 g/mol. The van der Waals surface area contributed by atoms with Crippen LogP contribution < -0.4 is 14.8 Å². The molecular formula is C24H30N2O4. The van der Waals surface area contributed by atoms with Gasteiger partial charge in [-0.25, -0.2) is 0 Å². The van der Waals surface area contributed by atoms with Gasteiger partial charge in [-0.2, -0.15) is 0 Å². The summed E-state index contributed by atoms with van der Waals surface area (Å²) in [5, 5.41) is 2.95. The van der Waals surface area contributed by atoms with Crippen LogP contribution in [0.25, 0.3) is 0 Å². The molecule has 3 rings (SSSR count). The number of carbonyl (C=O) groups is 2. The number of nitrogens with one attached hydrogen (secondary N) is 1. The number of carbonyl (C=O) groups excluding carboxylic acids is 2. The van der Waals surface area contributed by atoms with E-state index in [-0.39, 0.29) is 24.3 Å². The quantitative estimate of drug-likeness (QED) is 0.744. The van der Waals surface area contributed by atoms with Gasteiger partial charge >= 0.3 is 0 Å². The zero-order valence-corrected chi connectivity index (χ0v) is 18.1. The average Bonchev–Trinajstić information content (AvgIpc) is 2.89. The molecule has 2 atom stereocenters. The Bertz CT molecular complexity index is 895. The molecule has 1 aliphatic rings. The minimum Gasteiger partial charge on any atom is -0.497 e. The van der Waals surface area contributed by atoms with Crippen molar-refractivity contribution < 1.29 is 19.1 Å². The van der Waals surface area contributed by atoms with Crippen LogP contribution in [0.3, 0.4) is 0 Å². The van der Waals surface area contributed by atoms with Gasteiger partial charge in [-0.05, 0) is 55.7 Å². The summed E-state index contributed by atoms with van der Waals surface area (Å²) in [7, 11) is 1.61. The van der Waals surface area contributed by atoms with Gasteiger partial charge in [0.2, 0.25) is 5.91 Å². The molecule has 0 aliphatic carbocycles. The van der Waals surface area contributed by atoms with Crippen LogP contribution in [0.1, 0.15) is 44.7 Å². The van der Waals surface area contributed by atoms with Crippen LogP contribution in [0.2, 0.25) is 0 Å². The number of hydrogen-bond donors (Lipinski definition) is 1. The van der Waals surface area contributed by atoms with E-state index >= 15 is 0 Å². The monoisotopic (exact) mass is 410 g/mol. The Morgan fingerprint density at radius 3 is 2.60 bits per heavy atom. The molecular weight excluding hydrogens is 380 g/mol. The molecule has 1 heterocycles. The second-order valence-electron chi connectivity index (χ2n) is 7.63. The number of benzene rings is 2. The lowest BCUT2D eigenvalue weighted by molar-refractivity contribution is -0.140. The molecule has 2 aromatic rings. The first kappa shape index (κ1) is 21.7. The molecule has 0 bridgehead atoms. The SMILES string of the molecule is CC[C@H]1Oc2ccc(NC(=O)Cc3ccc(OC)cc3)cc2CN([C@@H](C)CC)C1=O. The van der Waals surface area contributed by atoms with E-state index in [2.05, 4.69) is 19.2 Å². The van der Waals surface area contributed by atoms with E-state index < -0.39 is 6.10 Å². The summed E-state index contributed by atoms with van der Waals surface area (Å²) in [5.74, 6) is 1.38. The Morgan fingerprint density at radius 1 is 1.23 bits per heavy atom. The van der Waals surface area contributed by atoms with Crippen molar-refractivity contribution in [3.8, 4) is 11.5 Å². The topological polar surface area (TPSA) is 67.9 Å².